The summed E-state index contributed by atoms with van der Waals surface area (Å²) in [7, 11) is 1.34. The molecular weight excluding hydrogens is 381 g/mol. The first-order valence-corrected chi connectivity index (χ1v) is 9.86. The molecule has 8 heteroatoms. The van der Waals surface area contributed by atoms with E-state index in [1.165, 1.54) is 25.6 Å². The van der Waals surface area contributed by atoms with E-state index in [1.54, 1.807) is 0 Å². The van der Waals surface area contributed by atoms with Gasteiger partial charge in [-0.05, 0) is 24.6 Å². The number of methoxy groups -OCH3 is 1. The third kappa shape index (κ3) is 4.36. The molecule has 0 atom stereocenters. The fourth-order valence-electron chi connectivity index (χ4n) is 3.47. The molecule has 0 unspecified atom stereocenters. The zero-order valence-corrected chi connectivity index (χ0v) is 16.9. The van der Waals surface area contributed by atoms with E-state index in [1.807, 2.05) is 11.5 Å². The van der Waals surface area contributed by atoms with Crippen molar-refractivity contribution in [2.24, 2.45) is 0 Å². The second-order valence-electron chi connectivity index (χ2n) is 6.90. The minimum Gasteiger partial charge on any atom is -0.497 e. The van der Waals surface area contributed by atoms with E-state index in [4.69, 9.17) is 4.74 Å². The van der Waals surface area contributed by atoms with Crippen LogP contribution in [0.2, 0.25) is 0 Å². The summed E-state index contributed by atoms with van der Waals surface area (Å²) in [6.07, 6.45) is 1.78. The number of rotatable bonds is 8. The molecular formula is C21H25F3N4O. The van der Waals surface area contributed by atoms with Gasteiger partial charge in [-0.3, -0.25) is 0 Å². The largest absolute Gasteiger partial charge is 0.497 e. The zero-order chi connectivity index (χ0) is 21.0. The van der Waals surface area contributed by atoms with Crippen LogP contribution in [0.3, 0.4) is 0 Å². The predicted molar refractivity (Wildman–Crippen MR) is 106 cm³/mol. The van der Waals surface area contributed by atoms with Crippen molar-refractivity contribution in [2.75, 3.05) is 7.11 Å². The van der Waals surface area contributed by atoms with Gasteiger partial charge in [0.05, 0.1) is 12.7 Å². The van der Waals surface area contributed by atoms with Gasteiger partial charge < -0.3 is 9.30 Å². The lowest BCUT2D eigenvalue weighted by molar-refractivity contribution is -0.137. The van der Waals surface area contributed by atoms with Crippen molar-refractivity contribution in [3.63, 3.8) is 0 Å². The summed E-state index contributed by atoms with van der Waals surface area (Å²) < 4.78 is 48.1. The molecule has 156 valence electrons. The van der Waals surface area contributed by atoms with Crippen molar-refractivity contribution in [3.8, 4) is 17.0 Å². The van der Waals surface area contributed by atoms with Crippen molar-refractivity contribution in [3.05, 3.63) is 35.9 Å². The Balaban J connectivity index is 2.13. The number of imidazole rings is 1. The number of fused-ring (bicyclic) bond motifs is 1. The van der Waals surface area contributed by atoms with Crippen LogP contribution in [0.4, 0.5) is 13.2 Å². The summed E-state index contributed by atoms with van der Waals surface area (Å²) in [4.78, 5) is 13.1. The number of hydrogen-bond donors (Lipinski definition) is 0. The Morgan fingerprint density at radius 2 is 1.86 bits per heavy atom. The molecule has 0 saturated carbocycles. The van der Waals surface area contributed by atoms with Crippen LogP contribution in [0.1, 0.15) is 50.9 Å². The topological polar surface area (TPSA) is 52.8 Å². The molecule has 0 fully saturated rings. The highest BCUT2D eigenvalue weighted by molar-refractivity contribution is 5.89. The van der Waals surface area contributed by atoms with Crippen molar-refractivity contribution < 1.29 is 17.9 Å². The fraction of sp³-hybridized carbons (Fsp3) is 0.476. The van der Waals surface area contributed by atoms with E-state index in [-0.39, 0.29) is 17.0 Å². The van der Waals surface area contributed by atoms with E-state index in [0.29, 0.717) is 17.6 Å². The lowest BCUT2D eigenvalue weighted by Crippen LogP contribution is -2.08. The van der Waals surface area contributed by atoms with Crippen LogP contribution in [0.5, 0.6) is 5.75 Å². The molecule has 1 aromatic carbocycles. The zero-order valence-electron chi connectivity index (χ0n) is 16.9. The number of aryl methyl sites for hydroxylation is 2. The van der Waals surface area contributed by atoms with Gasteiger partial charge in [0.25, 0.3) is 0 Å². The number of aromatic nitrogens is 4. The van der Waals surface area contributed by atoms with Crippen LogP contribution in [0, 0.1) is 0 Å². The molecule has 0 aliphatic rings. The first-order chi connectivity index (χ1) is 13.9. The fourth-order valence-corrected chi connectivity index (χ4v) is 3.47. The lowest BCUT2D eigenvalue weighted by atomic mass is 10.0. The highest BCUT2D eigenvalue weighted by Gasteiger charge is 2.35. The molecule has 0 spiro atoms. The van der Waals surface area contributed by atoms with E-state index in [2.05, 4.69) is 21.9 Å². The summed E-state index contributed by atoms with van der Waals surface area (Å²) in [6, 6.07) is 3.88. The number of alkyl halides is 3. The van der Waals surface area contributed by atoms with Gasteiger partial charge in [-0.2, -0.15) is 13.2 Å². The molecule has 0 radical (unpaired) electrons. The van der Waals surface area contributed by atoms with Crippen molar-refractivity contribution in [1.29, 1.82) is 0 Å². The molecule has 0 aliphatic carbocycles. The number of nitrogens with zero attached hydrogens (tertiary/aromatic N) is 4. The van der Waals surface area contributed by atoms with Crippen molar-refractivity contribution >= 4 is 11.2 Å². The SMILES string of the molecule is CCCCCCn1c(CC)nc2c(-c3ccc(OC)cc3C(F)(F)F)ncnc21. The number of unbranched alkanes of at least 4 members (excludes halogenated alkanes) is 3. The standard InChI is InChI=1S/C21H25F3N4O/c1-4-6-7-8-11-28-17(5-2)27-19-18(25-13-26-20(19)28)15-10-9-14(29-3)12-16(15)21(22,23)24/h9-10,12-13H,4-8,11H2,1-3H3. The molecule has 3 rings (SSSR count). The maximum Gasteiger partial charge on any atom is 0.417 e. The van der Waals surface area contributed by atoms with Crippen LogP contribution in [0.25, 0.3) is 22.4 Å². The van der Waals surface area contributed by atoms with Crippen molar-refractivity contribution in [2.45, 2.75) is 58.7 Å². The quantitative estimate of drug-likeness (QED) is 0.453. The minimum absolute atomic E-state index is 0.0241. The molecule has 0 amide bonds. The molecule has 0 N–H and O–H groups in total. The smallest absolute Gasteiger partial charge is 0.417 e. The third-order valence-corrected chi connectivity index (χ3v) is 4.95. The molecule has 3 aromatic rings. The first kappa shape index (κ1) is 21.1. The van der Waals surface area contributed by atoms with E-state index in [9.17, 15) is 13.2 Å². The normalized spacial score (nSPS) is 11.9. The lowest BCUT2D eigenvalue weighted by Gasteiger charge is -2.14. The second kappa shape index (κ2) is 8.80. The molecule has 2 aromatic heterocycles. The maximum atomic E-state index is 13.7. The van der Waals surface area contributed by atoms with Gasteiger partial charge in [0.2, 0.25) is 0 Å². The molecule has 0 aliphatic heterocycles. The van der Waals surface area contributed by atoms with Crippen LogP contribution in [-0.4, -0.2) is 26.6 Å². The average molecular weight is 406 g/mol. The van der Waals surface area contributed by atoms with Gasteiger partial charge in [-0.1, -0.05) is 33.1 Å². The van der Waals surface area contributed by atoms with E-state index >= 15 is 0 Å². The summed E-state index contributed by atoms with van der Waals surface area (Å²) in [5.74, 6) is 0.947. The van der Waals surface area contributed by atoms with Gasteiger partial charge in [0, 0.05) is 18.5 Å². The van der Waals surface area contributed by atoms with Gasteiger partial charge >= 0.3 is 6.18 Å². The summed E-state index contributed by atoms with van der Waals surface area (Å²) in [5, 5.41) is 0. The minimum atomic E-state index is -4.54. The van der Waals surface area contributed by atoms with Crippen LogP contribution in [0.15, 0.2) is 24.5 Å². The molecule has 0 bridgehead atoms. The predicted octanol–water partition coefficient (Wildman–Crippen LogP) is 5.66. The molecule has 5 nitrogen and oxygen atoms in total. The van der Waals surface area contributed by atoms with Gasteiger partial charge in [-0.15, -0.1) is 0 Å². The number of benzene rings is 1. The Morgan fingerprint density at radius 1 is 1.07 bits per heavy atom. The van der Waals surface area contributed by atoms with Gasteiger partial charge in [0.15, 0.2) is 5.65 Å². The highest BCUT2D eigenvalue weighted by atomic mass is 19.4. The van der Waals surface area contributed by atoms with Gasteiger partial charge in [0.1, 0.15) is 29.1 Å². The van der Waals surface area contributed by atoms with Crippen LogP contribution in [-0.2, 0) is 19.1 Å². The third-order valence-electron chi connectivity index (χ3n) is 4.95. The number of hydrogen-bond acceptors (Lipinski definition) is 4. The molecule has 2 heterocycles. The summed E-state index contributed by atoms with van der Waals surface area (Å²) in [5.41, 5.74) is 0.339. The number of ether oxygens (including phenoxy) is 1. The first-order valence-electron chi connectivity index (χ1n) is 9.86. The van der Waals surface area contributed by atoms with Gasteiger partial charge in [-0.25, -0.2) is 15.0 Å². The Hall–Kier alpha value is -2.64. The highest BCUT2D eigenvalue weighted by Crippen LogP contribution is 2.40. The Kier molecular flexibility index (Phi) is 6.39. The van der Waals surface area contributed by atoms with E-state index < -0.39 is 11.7 Å². The van der Waals surface area contributed by atoms with E-state index in [0.717, 1.165) is 44.1 Å². The molecule has 29 heavy (non-hydrogen) atoms. The second-order valence-corrected chi connectivity index (χ2v) is 6.90. The monoisotopic (exact) mass is 406 g/mol. The summed E-state index contributed by atoms with van der Waals surface area (Å²) >= 11 is 0. The van der Waals surface area contributed by atoms with Crippen molar-refractivity contribution in [1.82, 2.24) is 19.5 Å². The Labute approximate surface area is 168 Å². The van der Waals surface area contributed by atoms with Crippen LogP contribution >= 0.6 is 0 Å². The summed E-state index contributed by atoms with van der Waals surface area (Å²) in [6.45, 7) is 4.87. The Morgan fingerprint density at radius 3 is 2.52 bits per heavy atom. The average Bonchev–Trinajstić information content (AvgIpc) is 3.08. The molecule has 0 saturated heterocycles. The van der Waals surface area contributed by atoms with Crippen LogP contribution < -0.4 is 4.74 Å². The number of halogens is 3. The Bertz CT molecular complexity index is 982. The maximum absolute atomic E-state index is 13.7.